The smallest absolute Gasteiger partial charge is 0.251 e. The van der Waals surface area contributed by atoms with E-state index >= 15 is 0 Å². The number of aromatic nitrogens is 3. The molecule has 2 aromatic rings. The molecule has 4 rings (SSSR count). The van der Waals surface area contributed by atoms with Gasteiger partial charge in [0.15, 0.2) is 5.82 Å². The normalized spacial score (nSPS) is 19.7. The summed E-state index contributed by atoms with van der Waals surface area (Å²) in [7, 11) is -3.45. The number of nitrogens with one attached hydrogen (secondary N) is 1. The van der Waals surface area contributed by atoms with Crippen LogP contribution in [0.5, 0.6) is 0 Å². The van der Waals surface area contributed by atoms with Gasteiger partial charge in [-0.05, 0) is 50.5 Å². The number of fused-ring (bicyclic) bond motifs is 1. The van der Waals surface area contributed by atoms with E-state index in [0.29, 0.717) is 17.1 Å². The molecule has 0 radical (unpaired) electrons. The lowest BCUT2D eigenvalue weighted by molar-refractivity contribution is 0.0938. The topological polar surface area (TPSA) is 97.2 Å². The van der Waals surface area contributed by atoms with Gasteiger partial charge in [0.1, 0.15) is 6.33 Å². The van der Waals surface area contributed by atoms with Crippen LogP contribution < -0.4 is 9.62 Å². The molecule has 8 nitrogen and oxygen atoms in total. The second kappa shape index (κ2) is 7.44. The van der Waals surface area contributed by atoms with Crippen LogP contribution in [-0.4, -0.2) is 47.9 Å². The van der Waals surface area contributed by atoms with Crippen LogP contribution in [0.2, 0.25) is 0 Å². The highest BCUT2D eigenvalue weighted by Gasteiger charge is 2.37. The van der Waals surface area contributed by atoms with E-state index in [1.54, 1.807) is 29.2 Å². The maximum Gasteiger partial charge on any atom is 0.251 e. The van der Waals surface area contributed by atoms with Crippen LogP contribution >= 0.6 is 0 Å². The van der Waals surface area contributed by atoms with Gasteiger partial charge < -0.3 is 5.32 Å². The molecule has 2 aliphatic rings. The number of carbonyl (C=O) groups is 1. The lowest BCUT2D eigenvalue weighted by Gasteiger charge is -2.17. The SMILES string of the molecule is CC(C)n1cnc([C@@H]2CN(S(C)(=O)=O)c3ccc(C(=O)NC4CCCC4)cc32)n1. The molecule has 0 spiro atoms. The number of amides is 1. The number of benzene rings is 1. The lowest BCUT2D eigenvalue weighted by Crippen LogP contribution is -2.32. The van der Waals surface area contributed by atoms with Crippen molar-refractivity contribution in [1.82, 2.24) is 20.1 Å². The number of nitrogens with zero attached hydrogens (tertiary/aromatic N) is 4. The molecule has 1 aliphatic heterocycles. The van der Waals surface area contributed by atoms with Crippen molar-refractivity contribution in [3.63, 3.8) is 0 Å². The van der Waals surface area contributed by atoms with E-state index in [9.17, 15) is 13.2 Å². The molecule has 29 heavy (non-hydrogen) atoms. The Morgan fingerprint density at radius 1 is 1.24 bits per heavy atom. The Morgan fingerprint density at radius 3 is 2.59 bits per heavy atom. The van der Waals surface area contributed by atoms with Crippen molar-refractivity contribution in [3.8, 4) is 0 Å². The summed E-state index contributed by atoms with van der Waals surface area (Å²) < 4.78 is 27.8. The van der Waals surface area contributed by atoms with Crippen molar-refractivity contribution >= 4 is 21.6 Å². The molecule has 1 aromatic heterocycles. The molecular formula is C20H27N5O3S. The third-order valence-corrected chi connectivity index (χ3v) is 6.89. The van der Waals surface area contributed by atoms with Crippen LogP contribution in [0, 0.1) is 0 Å². The molecule has 1 N–H and O–H groups in total. The van der Waals surface area contributed by atoms with E-state index in [1.165, 1.54) is 10.6 Å². The fourth-order valence-electron chi connectivity index (χ4n) is 4.13. The van der Waals surface area contributed by atoms with Crippen LogP contribution in [0.4, 0.5) is 5.69 Å². The number of anilines is 1. The first-order valence-electron chi connectivity index (χ1n) is 10.1. The maximum absolute atomic E-state index is 12.7. The van der Waals surface area contributed by atoms with Gasteiger partial charge in [-0.3, -0.25) is 13.8 Å². The molecule has 1 saturated carbocycles. The van der Waals surface area contributed by atoms with E-state index in [4.69, 9.17) is 0 Å². The minimum Gasteiger partial charge on any atom is -0.349 e. The van der Waals surface area contributed by atoms with Gasteiger partial charge in [0.25, 0.3) is 5.91 Å². The van der Waals surface area contributed by atoms with E-state index in [0.717, 1.165) is 31.2 Å². The van der Waals surface area contributed by atoms with Crippen molar-refractivity contribution in [2.45, 2.75) is 57.5 Å². The third-order valence-electron chi connectivity index (χ3n) is 5.74. The molecule has 1 aromatic carbocycles. The molecule has 1 atom stereocenters. The monoisotopic (exact) mass is 417 g/mol. The molecule has 9 heteroatoms. The molecule has 1 aliphatic carbocycles. The largest absolute Gasteiger partial charge is 0.349 e. The molecule has 0 unspecified atom stereocenters. The summed E-state index contributed by atoms with van der Waals surface area (Å²) in [4.78, 5) is 17.2. The Hall–Kier alpha value is -2.42. The Balaban J connectivity index is 1.69. The van der Waals surface area contributed by atoms with Crippen molar-refractivity contribution in [3.05, 3.63) is 41.5 Å². The van der Waals surface area contributed by atoms with Gasteiger partial charge in [-0.1, -0.05) is 12.8 Å². The van der Waals surface area contributed by atoms with Crippen LogP contribution in [0.15, 0.2) is 24.5 Å². The van der Waals surface area contributed by atoms with Crippen molar-refractivity contribution in [2.24, 2.45) is 0 Å². The summed E-state index contributed by atoms with van der Waals surface area (Å²) in [5.74, 6) is 0.148. The van der Waals surface area contributed by atoms with E-state index in [-0.39, 0.29) is 30.5 Å². The van der Waals surface area contributed by atoms with Gasteiger partial charge >= 0.3 is 0 Å². The summed E-state index contributed by atoms with van der Waals surface area (Å²) in [6, 6.07) is 5.60. The zero-order valence-corrected chi connectivity index (χ0v) is 17.8. The zero-order valence-electron chi connectivity index (χ0n) is 17.0. The van der Waals surface area contributed by atoms with E-state index in [2.05, 4.69) is 15.4 Å². The molecule has 1 amide bonds. The molecular weight excluding hydrogens is 390 g/mol. The predicted molar refractivity (Wildman–Crippen MR) is 111 cm³/mol. The maximum atomic E-state index is 12.7. The van der Waals surface area contributed by atoms with Crippen molar-refractivity contribution < 1.29 is 13.2 Å². The standard InChI is InChI=1S/C20H27N5O3S/c1-13(2)24-12-21-19(23-24)17-11-25(29(3,27)28)18-9-8-14(10-16(17)18)20(26)22-15-6-4-5-7-15/h8-10,12-13,15,17H,4-7,11H2,1-3H3,(H,22,26)/t17-/m1/s1. The Kier molecular flexibility index (Phi) is 5.10. The average molecular weight is 418 g/mol. The Bertz CT molecular complexity index is 1020. The van der Waals surface area contributed by atoms with E-state index in [1.807, 2.05) is 13.8 Å². The average Bonchev–Trinajstić information content (AvgIpc) is 3.39. The summed E-state index contributed by atoms with van der Waals surface area (Å²) in [5, 5.41) is 7.64. The predicted octanol–water partition coefficient (Wildman–Crippen LogP) is 2.44. The van der Waals surface area contributed by atoms with Gasteiger partial charge in [0.2, 0.25) is 10.0 Å². The number of hydrogen-bond donors (Lipinski definition) is 1. The first kappa shape index (κ1) is 19.9. The van der Waals surface area contributed by atoms with E-state index < -0.39 is 10.0 Å². The van der Waals surface area contributed by atoms with Gasteiger partial charge in [-0.2, -0.15) is 5.10 Å². The molecule has 0 saturated heterocycles. The summed E-state index contributed by atoms with van der Waals surface area (Å²) in [6.45, 7) is 4.26. The molecule has 156 valence electrons. The first-order valence-corrected chi connectivity index (χ1v) is 11.9. The minimum atomic E-state index is -3.45. The fraction of sp³-hybridized carbons (Fsp3) is 0.550. The van der Waals surface area contributed by atoms with Crippen LogP contribution in [0.25, 0.3) is 0 Å². The summed E-state index contributed by atoms with van der Waals surface area (Å²) >= 11 is 0. The second-order valence-corrected chi connectivity index (χ2v) is 10.2. The number of rotatable bonds is 5. The van der Waals surface area contributed by atoms with Gasteiger partial charge in [0.05, 0.1) is 17.9 Å². The lowest BCUT2D eigenvalue weighted by atomic mass is 9.98. The minimum absolute atomic E-state index is 0.114. The fourth-order valence-corrected chi connectivity index (χ4v) is 5.08. The molecule has 0 bridgehead atoms. The van der Waals surface area contributed by atoms with Crippen LogP contribution in [0.3, 0.4) is 0 Å². The van der Waals surface area contributed by atoms with Crippen LogP contribution in [0.1, 0.15) is 73.2 Å². The number of carbonyl (C=O) groups excluding carboxylic acids is 1. The van der Waals surface area contributed by atoms with Crippen molar-refractivity contribution in [1.29, 1.82) is 0 Å². The van der Waals surface area contributed by atoms with Gasteiger partial charge in [-0.15, -0.1) is 0 Å². The highest BCUT2D eigenvalue weighted by Crippen LogP contribution is 2.41. The Labute approximate surface area is 171 Å². The molecule has 1 fully saturated rings. The summed E-state index contributed by atoms with van der Waals surface area (Å²) in [6.07, 6.45) is 7.17. The first-order chi connectivity index (χ1) is 13.7. The zero-order chi connectivity index (χ0) is 20.8. The quantitative estimate of drug-likeness (QED) is 0.806. The summed E-state index contributed by atoms with van der Waals surface area (Å²) in [5.41, 5.74) is 1.91. The van der Waals surface area contributed by atoms with Gasteiger partial charge in [-0.25, -0.2) is 13.4 Å². The number of hydrogen-bond acceptors (Lipinski definition) is 5. The third kappa shape index (κ3) is 3.88. The van der Waals surface area contributed by atoms with Gasteiger partial charge in [0, 0.05) is 24.2 Å². The Morgan fingerprint density at radius 2 is 1.97 bits per heavy atom. The van der Waals surface area contributed by atoms with Crippen LogP contribution in [-0.2, 0) is 10.0 Å². The number of sulfonamides is 1. The van der Waals surface area contributed by atoms with Crippen molar-refractivity contribution in [2.75, 3.05) is 17.1 Å². The highest BCUT2D eigenvalue weighted by molar-refractivity contribution is 7.92. The highest BCUT2D eigenvalue weighted by atomic mass is 32.2. The second-order valence-electron chi connectivity index (χ2n) is 8.25. The molecule has 2 heterocycles.